The molecule has 0 radical (unpaired) electrons. The molecule has 0 N–H and O–H groups in total. The summed E-state index contributed by atoms with van der Waals surface area (Å²) in [6, 6.07) is 6.99. The van der Waals surface area contributed by atoms with E-state index < -0.39 is 10.0 Å². The topological polar surface area (TPSA) is 37.4 Å². The first-order chi connectivity index (χ1) is 9.30. The van der Waals surface area contributed by atoms with Crippen LogP contribution < -0.4 is 0 Å². The van der Waals surface area contributed by atoms with Crippen molar-refractivity contribution >= 4 is 53.2 Å². The Morgan fingerprint density at radius 3 is 2.50 bits per heavy atom. The highest BCUT2D eigenvalue weighted by Gasteiger charge is 2.21. The lowest BCUT2D eigenvalue weighted by Gasteiger charge is -2.17. The lowest BCUT2D eigenvalue weighted by molar-refractivity contribution is 0.469. The number of rotatable bonds is 4. The van der Waals surface area contributed by atoms with E-state index in [2.05, 4.69) is 31.9 Å². The predicted molar refractivity (Wildman–Crippen MR) is 89.6 cm³/mol. The maximum atomic E-state index is 12.5. The summed E-state index contributed by atoms with van der Waals surface area (Å²) in [5.74, 6) is 0. The van der Waals surface area contributed by atoms with E-state index in [1.807, 2.05) is 18.4 Å². The molecular formula is C13H13Br2NO2S2. The Bertz CT molecular complexity index is 726. The van der Waals surface area contributed by atoms with Crippen LogP contribution in [0.15, 0.2) is 43.5 Å². The van der Waals surface area contributed by atoms with Crippen LogP contribution in [0.4, 0.5) is 0 Å². The smallest absolute Gasteiger partial charge is 0.207 e. The summed E-state index contributed by atoms with van der Waals surface area (Å²) in [5.41, 5.74) is 0.901. The van der Waals surface area contributed by atoms with Crippen LogP contribution in [0.5, 0.6) is 0 Å². The average Bonchev–Trinajstić information content (AvgIpc) is 2.78. The molecule has 20 heavy (non-hydrogen) atoms. The molecule has 108 valence electrons. The second-order valence-corrected chi connectivity index (χ2v) is 9.21. The minimum absolute atomic E-state index is 0.316. The van der Waals surface area contributed by atoms with Crippen LogP contribution in [0.25, 0.3) is 0 Å². The van der Waals surface area contributed by atoms with Crippen LogP contribution >= 0.6 is 43.2 Å². The van der Waals surface area contributed by atoms with E-state index in [1.165, 1.54) is 15.6 Å². The van der Waals surface area contributed by atoms with E-state index in [1.54, 1.807) is 25.2 Å². The standard InChI is InChI=1S/C13H13Br2NO2S2/c1-9-5-12(3-4-13(9)15)20(17,18)16(2)7-11-6-10(14)8-19-11/h3-6,8H,7H2,1-2H3. The predicted octanol–water partition coefficient (Wildman–Crippen LogP) is 4.40. The lowest BCUT2D eigenvalue weighted by Crippen LogP contribution is -2.26. The summed E-state index contributed by atoms with van der Waals surface area (Å²) < 4.78 is 28.3. The van der Waals surface area contributed by atoms with Crippen molar-refractivity contribution in [2.24, 2.45) is 0 Å². The van der Waals surface area contributed by atoms with Gasteiger partial charge in [-0.25, -0.2) is 8.42 Å². The van der Waals surface area contributed by atoms with Crippen LogP contribution in [0.1, 0.15) is 10.4 Å². The van der Waals surface area contributed by atoms with E-state index in [0.29, 0.717) is 11.4 Å². The van der Waals surface area contributed by atoms with Gasteiger partial charge in [-0.3, -0.25) is 0 Å². The van der Waals surface area contributed by atoms with Crippen molar-refractivity contribution in [3.63, 3.8) is 0 Å². The van der Waals surface area contributed by atoms with Crippen molar-refractivity contribution < 1.29 is 8.42 Å². The molecule has 2 rings (SSSR count). The number of hydrogen-bond donors (Lipinski definition) is 0. The van der Waals surface area contributed by atoms with Gasteiger partial charge in [0, 0.05) is 32.8 Å². The van der Waals surface area contributed by atoms with Crippen molar-refractivity contribution in [1.82, 2.24) is 4.31 Å². The zero-order chi connectivity index (χ0) is 14.9. The first-order valence-electron chi connectivity index (χ1n) is 5.76. The maximum absolute atomic E-state index is 12.5. The summed E-state index contributed by atoms with van der Waals surface area (Å²) in [7, 11) is -1.87. The maximum Gasteiger partial charge on any atom is 0.243 e. The SMILES string of the molecule is Cc1cc(S(=O)(=O)N(C)Cc2cc(Br)cs2)ccc1Br. The molecule has 0 fully saturated rings. The van der Waals surface area contributed by atoms with Gasteiger partial charge in [0.1, 0.15) is 0 Å². The Morgan fingerprint density at radius 2 is 1.95 bits per heavy atom. The molecule has 2 aromatic rings. The third-order valence-electron chi connectivity index (χ3n) is 2.84. The fourth-order valence-electron chi connectivity index (χ4n) is 1.70. The molecular weight excluding hydrogens is 426 g/mol. The minimum Gasteiger partial charge on any atom is -0.207 e. The van der Waals surface area contributed by atoms with E-state index in [-0.39, 0.29) is 0 Å². The van der Waals surface area contributed by atoms with Gasteiger partial charge < -0.3 is 0 Å². The summed E-state index contributed by atoms with van der Waals surface area (Å²) in [6.45, 7) is 2.24. The molecule has 7 heteroatoms. The van der Waals surface area contributed by atoms with Crippen molar-refractivity contribution in [2.45, 2.75) is 18.4 Å². The van der Waals surface area contributed by atoms with Crippen LogP contribution in [-0.4, -0.2) is 19.8 Å². The van der Waals surface area contributed by atoms with Gasteiger partial charge in [-0.2, -0.15) is 4.31 Å². The van der Waals surface area contributed by atoms with Crippen molar-refractivity contribution in [1.29, 1.82) is 0 Å². The number of hydrogen-bond acceptors (Lipinski definition) is 3. The summed E-state index contributed by atoms with van der Waals surface area (Å²) >= 11 is 8.28. The van der Waals surface area contributed by atoms with Crippen LogP contribution in [0.2, 0.25) is 0 Å². The number of thiophene rings is 1. The third-order valence-corrected chi connectivity index (χ3v) is 7.21. The first-order valence-corrected chi connectivity index (χ1v) is 9.66. The fourth-order valence-corrected chi connectivity index (χ4v) is 4.77. The van der Waals surface area contributed by atoms with Gasteiger partial charge in [-0.1, -0.05) is 15.9 Å². The van der Waals surface area contributed by atoms with E-state index in [0.717, 1.165) is 19.4 Å². The molecule has 0 saturated heterocycles. The minimum atomic E-state index is -3.46. The fraction of sp³-hybridized carbons (Fsp3) is 0.231. The van der Waals surface area contributed by atoms with Crippen molar-refractivity contribution in [2.75, 3.05) is 7.05 Å². The molecule has 1 heterocycles. The quantitative estimate of drug-likeness (QED) is 0.709. The van der Waals surface area contributed by atoms with E-state index in [4.69, 9.17) is 0 Å². The molecule has 0 unspecified atom stereocenters. The Hall–Kier alpha value is -0.210. The number of aryl methyl sites for hydroxylation is 1. The second kappa shape index (κ2) is 6.27. The second-order valence-electron chi connectivity index (χ2n) is 4.40. The average molecular weight is 439 g/mol. The Kier molecular flexibility index (Phi) is 5.07. The lowest BCUT2D eigenvalue weighted by atomic mass is 10.2. The summed E-state index contributed by atoms with van der Waals surface area (Å²) in [6.07, 6.45) is 0. The molecule has 0 aliphatic carbocycles. The molecule has 0 atom stereocenters. The zero-order valence-electron chi connectivity index (χ0n) is 10.9. The highest BCUT2D eigenvalue weighted by atomic mass is 79.9. The van der Waals surface area contributed by atoms with Gasteiger partial charge in [-0.15, -0.1) is 11.3 Å². The molecule has 0 saturated carbocycles. The first kappa shape index (κ1) is 16.2. The Labute approximate surface area is 139 Å². The molecule has 0 spiro atoms. The molecule has 1 aromatic carbocycles. The summed E-state index contributed by atoms with van der Waals surface area (Å²) in [5, 5.41) is 1.94. The van der Waals surface area contributed by atoms with Gasteiger partial charge in [-0.05, 0) is 52.7 Å². The molecule has 1 aromatic heterocycles. The van der Waals surface area contributed by atoms with Crippen LogP contribution in [0.3, 0.4) is 0 Å². The van der Waals surface area contributed by atoms with Gasteiger partial charge >= 0.3 is 0 Å². The highest BCUT2D eigenvalue weighted by molar-refractivity contribution is 9.10. The molecule has 0 amide bonds. The molecule has 0 bridgehead atoms. The monoisotopic (exact) mass is 437 g/mol. The van der Waals surface area contributed by atoms with Crippen molar-refractivity contribution in [3.8, 4) is 0 Å². The largest absolute Gasteiger partial charge is 0.243 e. The van der Waals surface area contributed by atoms with Gasteiger partial charge in [0.25, 0.3) is 0 Å². The van der Waals surface area contributed by atoms with E-state index >= 15 is 0 Å². The zero-order valence-corrected chi connectivity index (χ0v) is 15.7. The molecule has 0 aliphatic heterocycles. The Morgan fingerprint density at radius 1 is 1.25 bits per heavy atom. The van der Waals surface area contributed by atoms with E-state index in [9.17, 15) is 8.42 Å². The summed E-state index contributed by atoms with van der Waals surface area (Å²) in [4.78, 5) is 1.31. The normalized spacial score (nSPS) is 12.1. The molecule has 3 nitrogen and oxygen atoms in total. The highest BCUT2D eigenvalue weighted by Crippen LogP contribution is 2.25. The molecule has 0 aliphatic rings. The number of benzene rings is 1. The van der Waals surface area contributed by atoms with Gasteiger partial charge in [0.05, 0.1) is 4.90 Å². The number of halogens is 2. The van der Waals surface area contributed by atoms with Gasteiger partial charge in [0.15, 0.2) is 0 Å². The van der Waals surface area contributed by atoms with Gasteiger partial charge in [0.2, 0.25) is 10.0 Å². The Balaban J connectivity index is 2.27. The van der Waals surface area contributed by atoms with Crippen LogP contribution in [-0.2, 0) is 16.6 Å². The number of nitrogens with zero attached hydrogens (tertiary/aromatic N) is 1. The van der Waals surface area contributed by atoms with Crippen LogP contribution in [0, 0.1) is 6.92 Å². The van der Waals surface area contributed by atoms with Crippen molar-refractivity contribution in [3.05, 3.63) is 49.0 Å². The third kappa shape index (κ3) is 3.51. The number of sulfonamides is 1.